The van der Waals surface area contributed by atoms with E-state index in [4.69, 9.17) is 0 Å². The molecule has 2 nitrogen and oxygen atoms in total. The predicted octanol–water partition coefficient (Wildman–Crippen LogP) is 2.29. The first kappa shape index (κ1) is 11.5. The first-order chi connectivity index (χ1) is 8.81. The average molecular weight is 252 g/mol. The normalized spacial score (nSPS) is 10.9. The van der Waals surface area contributed by atoms with E-state index in [1.807, 2.05) is 47.3 Å². The minimum Gasteiger partial charge on any atom is -0.246 e. The van der Waals surface area contributed by atoms with Gasteiger partial charge in [0.05, 0.1) is 17.4 Å². The second-order valence-corrected chi connectivity index (χ2v) is 4.68. The smallest absolute Gasteiger partial charge is 0.179 e. The predicted molar refractivity (Wildman–Crippen MR) is 71.3 cm³/mol. The standard InChI is InChI=1S/C14H10FN2.Al/c15-9-11-4-3-6-13(8-11)17-14-7-2-1-5-12(14)10-16-17;/h1-7,10H,9H2;. The highest BCUT2D eigenvalue weighted by Crippen LogP contribution is 2.17. The summed E-state index contributed by atoms with van der Waals surface area (Å²) in [4.78, 5) is 0. The summed E-state index contributed by atoms with van der Waals surface area (Å²) in [5, 5.41) is 5.46. The molecule has 0 fully saturated rings. The molecule has 0 aliphatic heterocycles. The zero-order valence-electron chi connectivity index (χ0n) is 9.68. The van der Waals surface area contributed by atoms with E-state index in [-0.39, 0.29) is 0 Å². The van der Waals surface area contributed by atoms with Crippen LogP contribution >= 0.6 is 0 Å². The summed E-state index contributed by atoms with van der Waals surface area (Å²) in [7, 11) is 0. The molecule has 0 saturated carbocycles. The van der Waals surface area contributed by atoms with Gasteiger partial charge in [0.15, 0.2) is 16.3 Å². The summed E-state index contributed by atoms with van der Waals surface area (Å²) >= 11 is 2.61. The van der Waals surface area contributed by atoms with Gasteiger partial charge < -0.3 is 0 Å². The Balaban J connectivity index is 2.26. The van der Waals surface area contributed by atoms with Crippen LogP contribution in [0.4, 0.5) is 4.39 Å². The van der Waals surface area contributed by atoms with E-state index in [0.29, 0.717) is 5.56 Å². The van der Waals surface area contributed by atoms with Crippen LogP contribution in [-0.2, 0) is 6.67 Å². The molecule has 18 heavy (non-hydrogen) atoms. The molecule has 2 radical (unpaired) electrons. The van der Waals surface area contributed by atoms with Gasteiger partial charge in [-0.2, -0.15) is 5.10 Å². The Kier molecular flexibility index (Phi) is 2.91. The van der Waals surface area contributed by atoms with E-state index in [1.165, 1.54) is 0 Å². The average Bonchev–Trinajstić information content (AvgIpc) is 2.83. The summed E-state index contributed by atoms with van der Waals surface area (Å²) in [5.41, 5.74) is 2.60. The zero-order valence-corrected chi connectivity index (χ0v) is 10.8. The third-order valence-electron chi connectivity index (χ3n) is 3.02. The van der Waals surface area contributed by atoms with Crippen LogP contribution in [0, 0.1) is 0 Å². The summed E-state index contributed by atoms with van der Waals surface area (Å²) < 4.78 is 15.6. The summed E-state index contributed by atoms with van der Waals surface area (Å²) in [6.45, 7) is -0.466. The van der Waals surface area contributed by atoms with Crippen molar-refractivity contribution in [3.8, 4) is 5.69 Å². The fourth-order valence-corrected chi connectivity index (χ4v) is 2.46. The van der Waals surface area contributed by atoms with Gasteiger partial charge in [-0.1, -0.05) is 30.3 Å². The molecule has 1 aromatic heterocycles. The number of hydrogen-bond acceptors (Lipinski definition) is 1. The van der Waals surface area contributed by atoms with Crippen molar-refractivity contribution in [2.24, 2.45) is 0 Å². The molecule has 0 amide bonds. The number of nitrogens with zero attached hydrogens (tertiary/aromatic N) is 2. The van der Waals surface area contributed by atoms with Crippen molar-refractivity contribution in [2.75, 3.05) is 0 Å². The maximum Gasteiger partial charge on any atom is 0.179 e. The van der Waals surface area contributed by atoms with Crippen molar-refractivity contribution in [2.45, 2.75) is 6.67 Å². The molecule has 3 rings (SSSR count). The maximum absolute atomic E-state index is 12.9. The van der Waals surface area contributed by atoms with Crippen LogP contribution in [0.25, 0.3) is 16.6 Å². The summed E-state index contributed by atoms with van der Waals surface area (Å²) in [5.74, 6) is 0. The number of aromatic nitrogens is 2. The van der Waals surface area contributed by atoms with Gasteiger partial charge in [0.25, 0.3) is 0 Å². The van der Waals surface area contributed by atoms with Gasteiger partial charge in [0, 0.05) is 5.39 Å². The lowest BCUT2D eigenvalue weighted by molar-refractivity contribution is 0.487. The molecule has 86 valence electrons. The van der Waals surface area contributed by atoms with Crippen LogP contribution in [0.5, 0.6) is 0 Å². The number of rotatable bonds is 2. The monoisotopic (exact) mass is 252 g/mol. The van der Waals surface area contributed by atoms with E-state index >= 15 is 0 Å². The Morgan fingerprint density at radius 3 is 2.78 bits per heavy atom. The Hall–Kier alpha value is -1.63. The van der Waals surface area contributed by atoms with E-state index in [1.54, 1.807) is 6.07 Å². The van der Waals surface area contributed by atoms with Crippen LogP contribution in [0.3, 0.4) is 0 Å². The van der Waals surface area contributed by atoms with E-state index in [9.17, 15) is 4.39 Å². The fraction of sp³-hybridized carbons (Fsp3) is 0.0714. The Bertz CT molecular complexity index is 706. The molecule has 0 saturated heterocycles. The Labute approximate surface area is 112 Å². The highest BCUT2D eigenvalue weighted by Gasteiger charge is 2.08. The molecule has 0 bridgehead atoms. The highest BCUT2D eigenvalue weighted by atomic mass is 27.0. The van der Waals surface area contributed by atoms with Crippen LogP contribution in [0.2, 0.25) is 0 Å². The lowest BCUT2D eigenvalue weighted by Crippen LogP contribution is -2.17. The number of alkyl halides is 1. The second kappa shape index (κ2) is 4.57. The van der Waals surface area contributed by atoms with Crippen molar-refractivity contribution in [1.29, 1.82) is 0 Å². The number of benzene rings is 2. The highest BCUT2D eigenvalue weighted by molar-refractivity contribution is 6.35. The van der Waals surface area contributed by atoms with Gasteiger partial charge in [-0.15, -0.1) is 4.43 Å². The number of halogens is 1. The van der Waals surface area contributed by atoms with Gasteiger partial charge >= 0.3 is 0 Å². The van der Waals surface area contributed by atoms with E-state index < -0.39 is 6.67 Å². The maximum atomic E-state index is 12.9. The molecular formula is C14H10AlFN2. The molecule has 0 spiro atoms. The van der Waals surface area contributed by atoms with Crippen molar-refractivity contribution in [1.82, 2.24) is 9.78 Å². The van der Waals surface area contributed by atoms with Gasteiger partial charge in [-0.3, -0.25) is 0 Å². The SMILES string of the molecule is FCc1cccc(-n2ncc3ccccc32)[c]1[Al]. The summed E-state index contributed by atoms with van der Waals surface area (Å²) in [6, 6.07) is 13.6. The van der Waals surface area contributed by atoms with Crippen LogP contribution in [-0.4, -0.2) is 26.1 Å². The molecule has 1 heterocycles. The number of hydrogen-bond donors (Lipinski definition) is 0. The van der Waals surface area contributed by atoms with Crippen LogP contribution in [0.15, 0.2) is 48.7 Å². The quantitative estimate of drug-likeness (QED) is 0.640. The minimum absolute atomic E-state index is 0.466. The van der Waals surface area contributed by atoms with Crippen molar-refractivity contribution >= 4 is 31.6 Å². The van der Waals surface area contributed by atoms with Crippen LogP contribution in [0.1, 0.15) is 5.56 Å². The third-order valence-corrected chi connectivity index (χ3v) is 3.69. The fourth-order valence-electron chi connectivity index (χ4n) is 2.06. The molecular weight excluding hydrogens is 242 g/mol. The van der Waals surface area contributed by atoms with E-state index in [2.05, 4.69) is 21.4 Å². The van der Waals surface area contributed by atoms with Gasteiger partial charge in [0.2, 0.25) is 0 Å². The van der Waals surface area contributed by atoms with Gasteiger partial charge in [-0.05, 0) is 17.7 Å². The molecule has 0 aliphatic carbocycles. The molecule has 0 unspecified atom stereocenters. The Morgan fingerprint density at radius 2 is 1.94 bits per heavy atom. The first-order valence-corrected chi connectivity index (χ1v) is 6.25. The molecule has 0 atom stereocenters. The molecule has 2 aromatic carbocycles. The first-order valence-electron chi connectivity index (χ1n) is 5.67. The lowest BCUT2D eigenvalue weighted by Gasteiger charge is -2.11. The molecule has 0 N–H and O–H groups in total. The topological polar surface area (TPSA) is 17.8 Å². The van der Waals surface area contributed by atoms with Crippen molar-refractivity contribution in [3.05, 3.63) is 54.2 Å². The van der Waals surface area contributed by atoms with Gasteiger partial charge in [0.1, 0.15) is 6.67 Å². The second-order valence-electron chi connectivity index (χ2n) is 4.10. The number of fused-ring (bicyclic) bond motifs is 1. The van der Waals surface area contributed by atoms with Crippen molar-refractivity contribution in [3.63, 3.8) is 0 Å². The molecule has 4 heteroatoms. The molecule has 0 aliphatic rings. The largest absolute Gasteiger partial charge is 0.246 e. The van der Waals surface area contributed by atoms with E-state index in [0.717, 1.165) is 21.0 Å². The zero-order chi connectivity index (χ0) is 12.5. The third kappa shape index (κ3) is 1.75. The Morgan fingerprint density at radius 1 is 1.11 bits per heavy atom. The number of para-hydroxylation sites is 1. The van der Waals surface area contributed by atoms with Crippen molar-refractivity contribution < 1.29 is 4.39 Å². The van der Waals surface area contributed by atoms with Crippen LogP contribution < -0.4 is 4.43 Å². The summed E-state index contributed by atoms with van der Waals surface area (Å²) in [6.07, 6.45) is 1.82. The minimum atomic E-state index is -0.466. The lowest BCUT2D eigenvalue weighted by atomic mass is 10.2. The molecule has 3 aromatic rings. The van der Waals surface area contributed by atoms with Gasteiger partial charge in [-0.25, -0.2) is 9.07 Å².